The second-order valence-corrected chi connectivity index (χ2v) is 5.47. The van der Waals surface area contributed by atoms with Crippen LogP contribution in [0, 0.1) is 5.41 Å². The fourth-order valence-corrected chi connectivity index (χ4v) is 1.36. The van der Waals surface area contributed by atoms with Gasteiger partial charge in [-0.25, -0.2) is 0 Å². The fourth-order valence-electron chi connectivity index (χ4n) is 0.931. The van der Waals surface area contributed by atoms with Gasteiger partial charge < -0.3 is 11.1 Å². The molecule has 0 aliphatic heterocycles. The van der Waals surface area contributed by atoms with Gasteiger partial charge >= 0.3 is 0 Å². The van der Waals surface area contributed by atoms with Crippen LogP contribution in [0.5, 0.6) is 0 Å². The normalized spacial score (nSPS) is 13.8. The minimum absolute atomic E-state index is 0.0430. The molecule has 0 aromatic carbocycles. The third-order valence-electron chi connectivity index (χ3n) is 2.04. The summed E-state index contributed by atoms with van der Waals surface area (Å²) in [4.78, 5) is 11.5. The monoisotopic (exact) mass is 218 g/mol. The predicted octanol–water partition coefficient (Wildman–Crippen LogP) is 1.23. The van der Waals surface area contributed by atoms with Crippen LogP contribution in [-0.4, -0.2) is 30.5 Å². The predicted molar refractivity (Wildman–Crippen MR) is 63.4 cm³/mol. The number of nitrogens with two attached hydrogens (primary N) is 1. The second kappa shape index (κ2) is 6.30. The van der Waals surface area contributed by atoms with Gasteiger partial charge in [0.2, 0.25) is 5.91 Å². The zero-order valence-corrected chi connectivity index (χ0v) is 10.4. The summed E-state index contributed by atoms with van der Waals surface area (Å²) in [5.41, 5.74) is 5.63. The Morgan fingerprint density at radius 1 is 1.50 bits per heavy atom. The Morgan fingerprint density at radius 3 is 2.50 bits per heavy atom. The Labute approximate surface area is 91.2 Å². The van der Waals surface area contributed by atoms with Crippen molar-refractivity contribution < 1.29 is 4.79 Å². The van der Waals surface area contributed by atoms with Crippen LogP contribution in [0.3, 0.4) is 0 Å². The first kappa shape index (κ1) is 13.8. The lowest BCUT2D eigenvalue weighted by Crippen LogP contribution is -2.48. The molecule has 0 bridgehead atoms. The van der Waals surface area contributed by atoms with Crippen molar-refractivity contribution in [3.05, 3.63) is 0 Å². The molecule has 3 nitrogen and oxygen atoms in total. The van der Waals surface area contributed by atoms with Gasteiger partial charge in [0.15, 0.2) is 0 Å². The molecule has 0 fully saturated rings. The molecule has 84 valence electrons. The first-order valence-corrected chi connectivity index (χ1v) is 6.31. The maximum absolute atomic E-state index is 11.5. The number of hydrogen-bond acceptors (Lipinski definition) is 3. The molecule has 0 radical (unpaired) electrons. The molecule has 0 unspecified atom stereocenters. The van der Waals surface area contributed by atoms with Gasteiger partial charge in [0.1, 0.15) is 0 Å². The summed E-state index contributed by atoms with van der Waals surface area (Å²) in [6, 6.07) is -0.420. The molecule has 0 saturated carbocycles. The highest BCUT2D eigenvalue weighted by Gasteiger charge is 2.26. The SMILES string of the molecule is CSCCCNC(=O)[C@@H](N)C(C)(C)C. The molecular weight excluding hydrogens is 196 g/mol. The van der Waals surface area contributed by atoms with Crippen molar-refractivity contribution in [3.8, 4) is 0 Å². The number of nitrogens with one attached hydrogen (secondary N) is 1. The molecule has 14 heavy (non-hydrogen) atoms. The zero-order chi connectivity index (χ0) is 11.2. The molecular formula is C10H22N2OS. The average Bonchev–Trinajstić information content (AvgIpc) is 2.09. The summed E-state index contributed by atoms with van der Waals surface area (Å²) in [5, 5.41) is 2.85. The van der Waals surface area contributed by atoms with E-state index in [9.17, 15) is 4.79 Å². The summed E-state index contributed by atoms with van der Waals surface area (Å²) < 4.78 is 0. The van der Waals surface area contributed by atoms with Crippen LogP contribution in [0.2, 0.25) is 0 Å². The number of carbonyl (C=O) groups excluding carboxylic acids is 1. The van der Waals surface area contributed by atoms with Crippen LogP contribution in [-0.2, 0) is 4.79 Å². The molecule has 1 atom stereocenters. The lowest BCUT2D eigenvalue weighted by atomic mass is 9.87. The number of carbonyl (C=O) groups is 1. The third kappa shape index (κ3) is 5.50. The van der Waals surface area contributed by atoms with Crippen molar-refractivity contribution in [2.75, 3.05) is 18.6 Å². The van der Waals surface area contributed by atoms with E-state index in [1.165, 1.54) is 0 Å². The van der Waals surface area contributed by atoms with Crippen LogP contribution in [0.4, 0.5) is 0 Å². The number of amides is 1. The van der Waals surface area contributed by atoms with Crippen LogP contribution in [0.1, 0.15) is 27.2 Å². The molecule has 0 aliphatic rings. The Hall–Kier alpha value is -0.220. The average molecular weight is 218 g/mol. The van der Waals surface area contributed by atoms with Crippen molar-refractivity contribution in [2.24, 2.45) is 11.1 Å². The van der Waals surface area contributed by atoms with E-state index < -0.39 is 6.04 Å². The summed E-state index contributed by atoms with van der Waals surface area (Å²) in [6.07, 6.45) is 3.06. The van der Waals surface area contributed by atoms with Gasteiger partial charge in [0.25, 0.3) is 0 Å². The summed E-state index contributed by atoms with van der Waals surface area (Å²) >= 11 is 1.78. The van der Waals surface area contributed by atoms with E-state index in [2.05, 4.69) is 11.6 Å². The van der Waals surface area contributed by atoms with E-state index in [-0.39, 0.29) is 11.3 Å². The summed E-state index contributed by atoms with van der Waals surface area (Å²) in [6.45, 7) is 6.64. The Balaban J connectivity index is 3.74. The molecule has 0 rings (SSSR count). The van der Waals surface area contributed by atoms with Gasteiger partial charge in [-0.15, -0.1) is 0 Å². The Morgan fingerprint density at radius 2 is 2.07 bits per heavy atom. The van der Waals surface area contributed by atoms with Crippen molar-refractivity contribution in [1.82, 2.24) is 5.32 Å². The highest BCUT2D eigenvalue weighted by atomic mass is 32.2. The second-order valence-electron chi connectivity index (χ2n) is 4.48. The number of hydrogen-bond donors (Lipinski definition) is 2. The minimum Gasteiger partial charge on any atom is -0.355 e. The van der Waals surface area contributed by atoms with Crippen molar-refractivity contribution in [1.29, 1.82) is 0 Å². The first-order chi connectivity index (χ1) is 6.39. The molecule has 0 aromatic heterocycles. The number of thioether (sulfide) groups is 1. The maximum Gasteiger partial charge on any atom is 0.237 e. The quantitative estimate of drug-likeness (QED) is 0.682. The lowest BCUT2D eigenvalue weighted by molar-refractivity contribution is -0.124. The molecule has 0 heterocycles. The van der Waals surface area contributed by atoms with Gasteiger partial charge in [-0.1, -0.05) is 20.8 Å². The molecule has 0 aromatic rings. The van der Waals surface area contributed by atoms with E-state index >= 15 is 0 Å². The molecule has 0 aliphatic carbocycles. The molecule has 0 spiro atoms. The van der Waals surface area contributed by atoms with E-state index in [1.807, 2.05) is 20.8 Å². The van der Waals surface area contributed by atoms with Gasteiger partial charge in [0.05, 0.1) is 6.04 Å². The lowest BCUT2D eigenvalue weighted by Gasteiger charge is -2.25. The summed E-state index contributed by atoms with van der Waals surface area (Å²) in [7, 11) is 0. The van der Waals surface area contributed by atoms with Crippen LogP contribution >= 0.6 is 11.8 Å². The summed E-state index contributed by atoms with van der Waals surface area (Å²) in [5.74, 6) is 1.03. The molecule has 0 saturated heterocycles. The topological polar surface area (TPSA) is 55.1 Å². The van der Waals surface area contributed by atoms with E-state index in [1.54, 1.807) is 11.8 Å². The Kier molecular flexibility index (Phi) is 6.20. The van der Waals surface area contributed by atoms with E-state index in [0.717, 1.165) is 18.7 Å². The van der Waals surface area contributed by atoms with Gasteiger partial charge in [0, 0.05) is 6.54 Å². The molecule has 1 amide bonds. The number of rotatable bonds is 5. The smallest absolute Gasteiger partial charge is 0.237 e. The van der Waals surface area contributed by atoms with Crippen molar-refractivity contribution in [3.63, 3.8) is 0 Å². The van der Waals surface area contributed by atoms with Crippen molar-refractivity contribution >= 4 is 17.7 Å². The highest BCUT2D eigenvalue weighted by molar-refractivity contribution is 7.98. The van der Waals surface area contributed by atoms with Gasteiger partial charge in [-0.3, -0.25) is 4.79 Å². The molecule has 3 N–H and O–H groups in total. The van der Waals surface area contributed by atoms with Gasteiger partial charge in [-0.2, -0.15) is 11.8 Å². The highest BCUT2D eigenvalue weighted by Crippen LogP contribution is 2.16. The van der Waals surface area contributed by atoms with Crippen LogP contribution < -0.4 is 11.1 Å². The zero-order valence-electron chi connectivity index (χ0n) is 9.59. The van der Waals surface area contributed by atoms with Gasteiger partial charge in [-0.05, 0) is 23.8 Å². The Bertz CT molecular complexity index is 177. The minimum atomic E-state index is -0.420. The van der Waals surface area contributed by atoms with E-state index in [0.29, 0.717) is 0 Å². The fraction of sp³-hybridized carbons (Fsp3) is 0.900. The van der Waals surface area contributed by atoms with Crippen LogP contribution in [0.15, 0.2) is 0 Å². The first-order valence-electron chi connectivity index (χ1n) is 4.92. The van der Waals surface area contributed by atoms with E-state index in [4.69, 9.17) is 5.73 Å². The van der Waals surface area contributed by atoms with Crippen LogP contribution in [0.25, 0.3) is 0 Å². The largest absolute Gasteiger partial charge is 0.355 e. The third-order valence-corrected chi connectivity index (χ3v) is 2.74. The standard InChI is InChI=1S/C10H22N2OS/c1-10(2,3)8(11)9(13)12-6-5-7-14-4/h8H,5-7,11H2,1-4H3,(H,12,13)/t8-/m1/s1. The van der Waals surface area contributed by atoms with Crippen molar-refractivity contribution in [2.45, 2.75) is 33.2 Å². The molecule has 4 heteroatoms. The maximum atomic E-state index is 11.5.